The Labute approximate surface area is 228 Å². The second-order valence-corrected chi connectivity index (χ2v) is 12.5. The summed E-state index contributed by atoms with van der Waals surface area (Å²) < 4.78 is 37.5. The molecule has 1 aliphatic heterocycles. The maximum absolute atomic E-state index is 13.3. The highest BCUT2D eigenvalue weighted by atomic mass is 79.9. The van der Waals surface area contributed by atoms with Crippen LogP contribution in [0.5, 0.6) is 0 Å². The van der Waals surface area contributed by atoms with E-state index in [1.54, 1.807) is 0 Å². The topological polar surface area (TPSA) is 81.0 Å². The van der Waals surface area contributed by atoms with Crippen molar-refractivity contribution in [3.63, 3.8) is 0 Å². The minimum atomic E-state index is -3.68. The van der Waals surface area contributed by atoms with Crippen LogP contribution in [0, 0.1) is 0 Å². The first-order valence-corrected chi connectivity index (χ1v) is 15.0. The monoisotopic (exact) mass is 599 g/mol. The Bertz CT molecular complexity index is 1630. The van der Waals surface area contributed by atoms with Gasteiger partial charge in [0.15, 0.2) is 4.80 Å². The molecule has 0 N–H and O–H groups in total. The maximum atomic E-state index is 13.3. The number of rotatable bonds is 7. The van der Waals surface area contributed by atoms with Crippen LogP contribution in [0.15, 0.2) is 81.1 Å². The first-order chi connectivity index (χ1) is 17.9. The highest BCUT2D eigenvalue weighted by Crippen LogP contribution is 2.26. The molecule has 1 aliphatic rings. The summed E-state index contributed by atoms with van der Waals surface area (Å²) in [5.41, 5.74) is 3.52. The standard InChI is InChI=1S/C27H26BrN3O4S2/c1-2-35-16-15-31-24-12-9-22(28)17-25(24)36-27(31)29-26(32)20-7-10-23(11-8-20)37(33,34)30-14-13-19-5-3-4-6-21(19)18-30/h3-12,17H,2,13-16,18H2,1H3. The molecule has 10 heteroatoms. The van der Waals surface area contributed by atoms with Crippen LogP contribution in [-0.4, -0.2) is 43.0 Å². The fourth-order valence-corrected chi connectivity index (χ4v) is 7.42. The Morgan fingerprint density at radius 3 is 2.59 bits per heavy atom. The normalized spacial score (nSPS) is 14.7. The van der Waals surface area contributed by atoms with Gasteiger partial charge in [0.05, 0.1) is 21.7 Å². The summed E-state index contributed by atoms with van der Waals surface area (Å²) in [4.78, 5) is 18.2. The minimum absolute atomic E-state index is 0.168. The van der Waals surface area contributed by atoms with E-state index in [-0.39, 0.29) is 4.90 Å². The van der Waals surface area contributed by atoms with E-state index in [2.05, 4.69) is 20.9 Å². The molecule has 37 heavy (non-hydrogen) atoms. The summed E-state index contributed by atoms with van der Waals surface area (Å²) in [6, 6.07) is 19.9. The van der Waals surface area contributed by atoms with Crippen molar-refractivity contribution in [2.75, 3.05) is 19.8 Å². The molecule has 0 bridgehead atoms. The Morgan fingerprint density at radius 1 is 1.08 bits per heavy atom. The van der Waals surface area contributed by atoms with E-state index in [1.165, 1.54) is 45.5 Å². The average Bonchev–Trinajstić information content (AvgIpc) is 3.24. The highest BCUT2D eigenvalue weighted by molar-refractivity contribution is 9.10. The lowest BCUT2D eigenvalue weighted by atomic mass is 10.0. The van der Waals surface area contributed by atoms with E-state index < -0.39 is 15.9 Å². The third kappa shape index (κ3) is 5.49. The number of nitrogens with zero attached hydrogens (tertiary/aromatic N) is 3. The second kappa shape index (κ2) is 11.0. The number of thiazole rings is 1. The van der Waals surface area contributed by atoms with E-state index in [1.807, 2.05) is 54.0 Å². The predicted octanol–water partition coefficient (Wildman–Crippen LogP) is 4.99. The van der Waals surface area contributed by atoms with E-state index in [0.29, 0.717) is 49.6 Å². The lowest BCUT2D eigenvalue weighted by molar-refractivity contribution is 0.0996. The van der Waals surface area contributed by atoms with Crippen molar-refractivity contribution >= 4 is 53.4 Å². The van der Waals surface area contributed by atoms with Gasteiger partial charge in [-0.2, -0.15) is 9.30 Å². The Balaban J connectivity index is 1.40. The number of carbonyl (C=O) groups is 1. The third-order valence-electron chi connectivity index (χ3n) is 6.34. The van der Waals surface area contributed by atoms with Crippen molar-refractivity contribution in [1.82, 2.24) is 8.87 Å². The van der Waals surface area contributed by atoms with Crippen LogP contribution >= 0.6 is 27.3 Å². The van der Waals surface area contributed by atoms with Gasteiger partial charge < -0.3 is 9.30 Å². The number of carbonyl (C=O) groups excluding carboxylic acids is 1. The number of aromatic nitrogens is 1. The summed E-state index contributed by atoms with van der Waals surface area (Å²) in [7, 11) is -3.68. The largest absolute Gasteiger partial charge is 0.380 e. The van der Waals surface area contributed by atoms with E-state index in [0.717, 1.165) is 20.3 Å². The van der Waals surface area contributed by atoms with Crippen LogP contribution < -0.4 is 4.80 Å². The number of fused-ring (bicyclic) bond motifs is 2. The number of sulfonamides is 1. The van der Waals surface area contributed by atoms with Crippen molar-refractivity contribution in [3.8, 4) is 0 Å². The molecule has 0 aliphatic carbocycles. The molecule has 0 unspecified atom stereocenters. The van der Waals surface area contributed by atoms with Crippen LogP contribution in [0.25, 0.3) is 10.2 Å². The molecule has 4 aromatic rings. The number of hydrogen-bond acceptors (Lipinski definition) is 5. The molecule has 0 saturated carbocycles. The number of benzene rings is 3. The minimum Gasteiger partial charge on any atom is -0.380 e. The maximum Gasteiger partial charge on any atom is 0.279 e. The van der Waals surface area contributed by atoms with Crippen LogP contribution in [0.3, 0.4) is 0 Å². The van der Waals surface area contributed by atoms with Gasteiger partial charge in [-0.3, -0.25) is 4.79 Å². The van der Waals surface area contributed by atoms with Gasteiger partial charge in [-0.05, 0) is 66.9 Å². The zero-order valence-electron chi connectivity index (χ0n) is 20.3. The molecule has 7 nitrogen and oxygen atoms in total. The van der Waals surface area contributed by atoms with Gasteiger partial charge in [-0.25, -0.2) is 8.42 Å². The van der Waals surface area contributed by atoms with Crippen LogP contribution in [0.1, 0.15) is 28.4 Å². The lowest BCUT2D eigenvalue weighted by Gasteiger charge is -2.28. The molecular formula is C27H26BrN3O4S2. The van der Waals surface area contributed by atoms with Gasteiger partial charge in [0.1, 0.15) is 0 Å². The summed E-state index contributed by atoms with van der Waals surface area (Å²) in [6.45, 7) is 4.40. The lowest BCUT2D eigenvalue weighted by Crippen LogP contribution is -2.35. The highest BCUT2D eigenvalue weighted by Gasteiger charge is 2.28. The van der Waals surface area contributed by atoms with Crippen molar-refractivity contribution in [2.24, 2.45) is 4.99 Å². The summed E-state index contributed by atoms with van der Waals surface area (Å²) in [6.07, 6.45) is 0.680. The van der Waals surface area contributed by atoms with Gasteiger partial charge >= 0.3 is 0 Å². The van der Waals surface area contributed by atoms with Crippen molar-refractivity contribution < 1.29 is 17.9 Å². The van der Waals surface area contributed by atoms with Gasteiger partial charge in [0, 0.05) is 36.3 Å². The van der Waals surface area contributed by atoms with Gasteiger partial charge in [0.25, 0.3) is 5.91 Å². The van der Waals surface area contributed by atoms with Gasteiger partial charge in [-0.1, -0.05) is 51.5 Å². The third-order valence-corrected chi connectivity index (χ3v) is 9.73. The van der Waals surface area contributed by atoms with Crippen molar-refractivity contribution in [1.29, 1.82) is 0 Å². The van der Waals surface area contributed by atoms with E-state index in [9.17, 15) is 13.2 Å². The SMILES string of the molecule is CCOCCn1c(=NC(=O)c2ccc(S(=O)(=O)N3CCc4ccccc4C3)cc2)sc2cc(Br)ccc21. The van der Waals surface area contributed by atoms with Gasteiger partial charge in [0.2, 0.25) is 10.0 Å². The number of halogens is 1. The van der Waals surface area contributed by atoms with Crippen molar-refractivity contribution in [2.45, 2.75) is 31.3 Å². The molecule has 0 radical (unpaired) electrons. The predicted molar refractivity (Wildman–Crippen MR) is 148 cm³/mol. The molecule has 192 valence electrons. The molecule has 0 fully saturated rings. The second-order valence-electron chi connectivity index (χ2n) is 8.64. The quantitative estimate of drug-likeness (QED) is 0.280. The molecule has 0 saturated heterocycles. The van der Waals surface area contributed by atoms with Crippen LogP contribution in [0.4, 0.5) is 0 Å². The molecule has 0 atom stereocenters. The molecule has 2 heterocycles. The first kappa shape index (κ1) is 26.0. The summed E-state index contributed by atoms with van der Waals surface area (Å²) in [5.74, 6) is -0.424. The Morgan fingerprint density at radius 2 is 1.84 bits per heavy atom. The zero-order chi connectivity index (χ0) is 26.0. The van der Waals surface area contributed by atoms with Crippen molar-refractivity contribution in [3.05, 3.63) is 92.7 Å². The summed E-state index contributed by atoms with van der Waals surface area (Å²) in [5, 5.41) is 0. The van der Waals surface area contributed by atoms with Gasteiger partial charge in [-0.15, -0.1) is 0 Å². The summed E-state index contributed by atoms with van der Waals surface area (Å²) >= 11 is 4.93. The number of amides is 1. The number of ether oxygens (including phenoxy) is 1. The van der Waals surface area contributed by atoms with E-state index in [4.69, 9.17) is 4.74 Å². The zero-order valence-corrected chi connectivity index (χ0v) is 23.5. The molecule has 1 amide bonds. The Hall–Kier alpha value is -2.63. The fraction of sp³-hybridized carbons (Fsp3) is 0.259. The average molecular weight is 601 g/mol. The van der Waals surface area contributed by atoms with Crippen LogP contribution in [0.2, 0.25) is 0 Å². The van der Waals surface area contributed by atoms with Crippen LogP contribution in [-0.2, 0) is 34.3 Å². The molecular weight excluding hydrogens is 574 g/mol. The Kier molecular flexibility index (Phi) is 7.73. The smallest absolute Gasteiger partial charge is 0.279 e. The number of hydrogen-bond donors (Lipinski definition) is 0. The molecule has 0 spiro atoms. The van der Waals surface area contributed by atoms with E-state index >= 15 is 0 Å². The molecule has 3 aromatic carbocycles. The fourth-order valence-electron chi connectivity index (χ4n) is 4.39. The molecule has 1 aromatic heterocycles. The first-order valence-electron chi connectivity index (χ1n) is 12.0. The molecule has 5 rings (SSSR count).